The maximum absolute atomic E-state index is 12.2. The number of carbonyl (C=O) groups is 2. The number of hydrogen-bond acceptors (Lipinski definition) is 2. The van der Waals surface area contributed by atoms with Crippen LogP contribution in [0.5, 0.6) is 0 Å². The first-order chi connectivity index (χ1) is 9.25. The monoisotopic (exact) mass is 287 g/mol. The predicted molar refractivity (Wildman–Crippen MR) is 64.3 cm³/mol. The van der Waals surface area contributed by atoms with Gasteiger partial charge in [0.2, 0.25) is 0 Å². The smallest absolute Gasteiger partial charge is 0.471 e. The van der Waals surface area contributed by atoms with Gasteiger partial charge in [-0.2, -0.15) is 13.2 Å². The quantitative estimate of drug-likeness (QED) is 0.898. The van der Waals surface area contributed by atoms with E-state index in [1.54, 1.807) is 11.4 Å². The van der Waals surface area contributed by atoms with Crippen LogP contribution in [0.15, 0.2) is 24.3 Å². The number of nitrogens with one attached hydrogen (secondary N) is 1. The molecule has 1 fully saturated rings. The van der Waals surface area contributed by atoms with Crippen molar-refractivity contribution in [2.75, 3.05) is 5.32 Å². The Morgan fingerprint density at radius 1 is 1.25 bits per heavy atom. The molecule has 0 unspecified atom stereocenters. The third-order valence-corrected chi connectivity index (χ3v) is 3.55. The molecule has 0 spiro atoms. The Morgan fingerprint density at radius 2 is 1.90 bits per heavy atom. The molecule has 1 amide bonds. The molecule has 0 atom stereocenters. The van der Waals surface area contributed by atoms with E-state index in [-0.39, 0.29) is 5.69 Å². The first-order valence-corrected chi connectivity index (χ1v) is 5.98. The van der Waals surface area contributed by atoms with E-state index >= 15 is 0 Å². The summed E-state index contributed by atoms with van der Waals surface area (Å²) in [5.74, 6) is -3.07. The molecule has 2 N–H and O–H groups in total. The van der Waals surface area contributed by atoms with Crippen LogP contribution in [0, 0.1) is 0 Å². The Kier molecular flexibility index (Phi) is 3.45. The molecule has 7 heteroatoms. The molecule has 1 aromatic carbocycles. The summed E-state index contributed by atoms with van der Waals surface area (Å²) in [6.07, 6.45) is -3.33. The maximum Gasteiger partial charge on any atom is 0.471 e. The number of aliphatic carboxylic acids is 1. The fourth-order valence-corrected chi connectivity index (χ4v) is 2.25. The zero-order valence-corrected chi connectivity index (χ0v) is 10.3. The molecule has 0 radical (unpaired) electrons. The lowest BCUT2D eigenvalue weighted by Crippen LogP contribution is -2.42. The van der Waals surface area contributed by atoms with Gasteiger partial charge in [0.25, 0.3) is 0 Å². The molecule has 1 saturated carbocycles. The molecule has 108 valence electrons. The second-order valence-electron chi connectivity index (χ2n) is 4.77. The highest BCUT2D eigenvalue weighted by atomic mass is 19.4. The van der Waals surface area contributed by atoms with Gasteiger partial charge < -0.3 is 10.4 Å². The number of halogens is 3. The normalized spacial score (nSPS) is 17.1. The minimum Gasteiger partial charge on any atom is -0.481 e. The number of alkyl halides is 3. The van der Waals surface area contributed by atoms with Gasteiger partial charge in [0, 0.05) is 5.69 Å². The van der Waals surface area contributed by atoms with Crippen LogP contribution in [0.1, 0.15) is 24.8 Å². The van der Waals surface area contributed by atoms with E-state index in [9.17, 15) is 27.9 Å². The van der Waals surface area contributed by atoms with Gasteiger partial charge in [-0.3, -0.25) is 9.59 Å². The van der Waals surface area contributed by atoms with Gasteiger partial charge in [0.15, 0.2) is 0 Å². The second-order valence-corrected chi connectivity index (χ2v) is 4.77. The second kappa shape index (κ2) is 4.81. The van der Waals surface area contributed by atoms with Crippen molar-refractivity contribution in [3.05, 3.63) is 29.8 Å². The van der Waals surface area contributed by atoms with Crippen molar-refractivity contribution >= 4 is 17.6 Å². The van der Waals surface area contributed by atoms with Gasteiger partial charge in [-0.15, -0.1) is 0 Å². The number of carboxylic acid groups (broad SMARTS) is 1. The van der Waals surface area contributed by atoms with Gasteiger partial charge >= 0.3 is 18.1 Å². The molecule has 0 aromatic heterocycles. The van der Waals surface area contributed by atoms with Crippen molar-refractivity contribution in [1.29, 1.82) is 0 Å². The van der Waals surface area contributed by atoms with Crippen molar-refractivity contribution in [3.63, 3.8) is 0 Å². The van der Waals surface area contributed by atoms with Crippen LogP contribution in [-0.2, 0) is 15.0 Å². The van der Waals surface area contributed by atoms with Crippen LogP contribution in [0.25, 0.3) is 0 Å². The fourth-order valence-electron chi connectivity index (χ4n) is 2.25. The average molecular weight is 287 g/mol. The van der Waals surface area contributed by atoms with Crippen molar-refractivity contribution in [2.24, 2.45) is 0 Å². The molecule has 1 aromatic rings. The Bertz CT molecular complexity index is 550. The molecule has 1 aliphatic rings. The molecule has 4 nitrogen and oxygen atoms in total. The van der Waals surface area contributed by atoms with E-state index < -0.39 is 23.5 Å². The summed E-state index contributed by atoms with van der Waals surface area (Å²) in [6, 6.07) is 5.57. The van der Waals surface area contributed by atoms with Crippen molar-refractivity contribution in [3.8, 4) is 0 Å². The van der Waals surface area contributed by atoms with Crippen LogP contribution in [0.3, 0.4) is 0 Å². The summed E-state index contributed by atoms with van der Waals surface area (Å²) in [7, 11) is 0. The number of rotatable bonds is 3. The van der Waals surface area contributed by atoms with Crippen LogP contribution in [-0.4, -0.2) is 23.2 Å². The number of carboxylic acids is 1. The number of carbonyl (C=O) groups excluding carboxylic acids is 1. The summed E-state index contributed by atoms with van der Waals surface area (Å²) in [5, 5.41) is 11.0. The largest absolute Gasteiger partial charge is 0.481 e. The average Bonchev–Trinajstić information content (AvgIpc) is 2.26. The first kappa shape index (κ1) is 14.4. The fraction of sp³-hybridized carbons (Fsp3) is 0.385. The SMILES string of the molecule is O=C(Nc1cccc(C2(C(=O)O)CCC2)c1)C(F)(F)F. The molecule has 2 rings (SSSR count). The summed E-state index contributed by atoms with van der Waals surface area (Å²) in [6.45, 7) is 0. The van der Waals surface area contributed by atoms with Crippen LogP contribution in [0.2, 0.25) is 0 Å². The lowest BCUT2D eigenvalue weighted by Gasteiger charge is -2.38. The van der Waals surface area contributed by atoms with Gasteiger partial charge in [-0.25, -0.2) is 0 Å². The highest BCUT2D eigenvalue weighted by Gasteiger charge is 2.46. The lowest BCUT2D eigenvalue weighted by molar-refractivity contribution is -0.167. The summed E-state index contributed by atoms with van der Waals surface area (Å²) in [5.41, 5.74) is -0.688. The summed E-state index contributed by atoms with van der Waals surface area (Å²) >= 11 is 0. The van der Waals surface area contributed by atoms with E-state index in [0.29, 0.717) is 18.4 Å². The van der Waals surface area contributed by atoms with E-state index in [2.05, 4.69) is 0 Å². The Morgan fingerprint density at radius 3 is 2.35 bits per heavy atom. The van der Waals surface area contributed by atoms with E-state index in [1.807, 2.05) is 0 Å². The molecular weight excluding hydrogens is 275 g/mol. The summed E-state index contributed by atoms with van der Waals surface area (Å²) < 4.78 is 36.5. The zero-order chi connectivity index (χ0) is 15.0. The Labute approximate surface area is 112 Å². The number of anilines is 1. The van der Waals surface area contributed by atoms with Gasteiger partial charge in [0.05, 0.1) is 5.41 Å². The third kappa shape index (κ3) is 2.48. The zero-order valence-electron chi connectivity index (χ0n) is 10.3. The van der Waals surface area contributed by atoms with E-state index in [0.717, 1.165) is 6.42 Å². The van der Waals surface area contributed by atoms with Crippen LogP contribution < -0.4 is 5.32 Å². The van der Waals surface area contributed by atoms with E-state index in [4.69, 9.17) is 0 Å². The third-order valence-electron chi connectivity index (χ3n) is 3.55. The molecule has 0 saturated heterocycles. The minimum absolute atomic E-state index is 0.0580. The first-order valence-electron chi connectivity index (χ1n) is 5.98. The van der Waals surface area contributed by atoms with Crippen LogP contribution >= 0.6 is 0 Å². The molecule has 1 aliphatic carbocycles. The van der Waals surface area contributed by atoms with Crippen molar-refractivity contribution < 1.29 is 27.9 Å². The Hall–Kier alpha value is -2.05. The molecule has 0 heterocycles. The number of benzene rings is 1. The lowest BCUT2D eigenvalue weighted by atomic mass is 9.64. The van der Waals surface area contributed by atoms with Gasteiger partial charge in [-0.05, 0) is 30.5 Å². The minimum atomic E-state index is -4.98. The summed E-state index contributed by atoms with van der Waals surface area (Å²) in [4.78, 5) is 22.2. The van der Waals surface area contributed by atoms with Gasteiger partial charge in [0.1, 0.15) is 0 Å². The van der Waals surface area contributed by atoms with E-state index in [1.165, 1.54) is 18.2 Å². The molecular formula is C13H12F3NO3. The topological polar surface area (TPSA) is 66.4 Å². The molecule has 0 aliphatic heterocycles. The number of hydrogen-bond donors (Lipinski definition) is 2. The highest BCUT2D eigenvalue weighted by Crippen LogP contribution is 2.44. The number of amides is 1. The van der Waals surface area contributed by atoms with Crippen LogP contribution in [0.4, 0.5) is 18.9 Å². The Balaban J connectivity index is 2.25. The molecule has 0 bridgehead atoms. The van der Waals surface area contributed by atoms with Crippen molar-refractivity contribution in [2.45, 2.75) is 30.9 Å². The van der Waals surface area contributed by atoms with Crippen molar-refractivity contribution in [1.82, 2.24) is 0 Å². The van der Waals surface area contributed by atoms with Gasteiger partial charge in [-0.1, -0.05) is 18.6 Å². The predicted octanol–water partition coefficient (Wildman–Crippen LogP) is 2.69. The molecule has 20 heavy (non-hydrogen) atoms. The maximum atomic E-state index is 12.2. The highest BCUT2D eigenvalue weighted by molar-refractivity contribution is 5.95. The standard InChI is InChI=1S/C13H12F3NO3/c14-13(15,16)10(18)17-9-4-1-3-8(7-9)12(11(19)20)5-2-6-12/h1,3-4,7H,2,5-6H2,(H,17,18)(H,19,20).